The lowest BCUT2D eigenvalue weighted by Gasteiger charge is -2.13. The number of ketones is 1. The van der Waals surface area contributed by atoms with E-state index in [1.807, 2.05) is 32.9 Å². The van der Waals surface area contributed by atoms with Gasteiger partial charge in [0.05, 0.1) is 5.39 Å². The van der Waals surface area contributed by atoms with Gasteiger partial charge >= 0.3 is 11.8 Å². The van der Waals surface area contributed by atoms with Crippen LogP contribution in [0, 0.1) is 20.8 Å². The number of Topliss-reactive ketones (excluding diaryl/α,β-unsaturated/α-hetero) is 1. The summed E-state index contributed by atoms with van der Waals surface area (Å²) in [4.78, 5) is 23.3. The third kappa shape index (κ3) is 3.20. The van der Waals surface area contributed by atoms with Gasteiger partial charge in [-0.3, -0.25) is 4.79 Å². The molecule has 0 aliphatic heterocycles. The molecular weight excluding hydrogens is 361 g/mol. The molecule has 3 aromatic rings. The molecule has 0 radical (unpaired) electrons. The third-order valence-electron chi connectivity index (χ3n) is 4.33. The van der Waals surface area contributed by atoms with Crippen LogP contribution in [-0.2, 0) is 0 Å². The first-order valence-corrected chi connectivity index (χ1v) is 8.00. The van der Waals surface area contributed by atoms with E-state index in [-0.39, 0.29) is 11.0 Å². The Kier molecular flexibility index (Phi) is 4.34. The molecule has 0 spiro atoms. The van der Waals surface area contributed by atoms with E-state index in [2.05, 4.69) is 0 Å². The number of benzene rings is 2. The minimum absolute atomic E-state index is 0.104. The largest absolute Gasteiger partial charge is 0.506 e. The third-order valence-corrected chi connectivity index (χ3v) is 4.33. The molecular formula is C20H15F3O4. The first-order valence-electron chi connectivity index (χ1n) is 8.00. The van der Waals surface area contributed by atoms with E-state index in [1.54, 1.807) is 6.07 Å². The van der Waals surface area contributed by atoms with Crippen LogP contribution in [0.2, 0.25) is 0 Å². The maximum atomic E-state index is 12.7. The summed E-state index contributed by atoms with van der Waals surface area (Å²) in [7, 11) is 0. The van der Waals surface area contributed by atoms with Gasteiger partial charge in [0.25, 0.3) is 5.78 Å². The van der Waals surface area contributed by atoms with Gasteiger partial charge in [0.1, 0.15) is 11.3 Å². The van der Waals surface area contributed by atoms with E-state index in [0.717, 1.165) is 22.3 Å². The average Bonchev–Trinajstić information content (AvgIpc) is 2.52. The fourth-order valence-corrected chi connectivity index (χ4v) is 3.32. The number of aryl methyl sites for hydroxylation is 3. The number of halogens is 3. The number of fused-ring (bicyclic) bond motifs is 1. The molecule has 1 heterocycles. The first kappa shape index (κ1) is 18.7. The summed E-state index contributed by atoms with van der Waals surface area (Å²) < 4.78 is 42.9. The highest BCUT2D eigenvalue weighted by Crippen LogP contribution is 2.35. The SMILES string of the molecule is Cc1cc(C)c(-c2ccc3c(O)c(C(=O)C(F)(F)F)c(=O)oc3c2)c(C)c1. The van der Waals surface area contributed by atoms with Gasteiger partial charge in [-0.05, 0) is 55.2 Å². The van der Waals surface area contributed by atoms with Crippen LogP contribution < -0.4 is 5.63 Å². The Morgan fingerprint density at radius 2 is 1.63 bits per heavy atom. The van der Waals surface area contributed by atoms with Crippen LogP contribution in [0.4, 0.5) is 13.2 Å². The molecule has 4 nitrogen and oxygen atoms in total. The van der Waals surface area contributed by atoms with Gasteiger partial charge in [-0.15, -0.1) is 0 Å². The Labute approximate surface area is 151 Å². The molecule has 0 fully saturated rings. The fourth-order valence-electron chi connectivity index (χ4n) is 3.32. The normalized spacial score (nSPS) is 11.8. The number of carbonyl (C=O) groups is 1. The zero-order valence-electron chi connectivity index (χ0n) is 14.7. The lowest BCUT2D eigenvalue weighted by molar-refractivity contribution is -0.0888. The number of aromatic hydroxyl groups is 1. The molecule has 27 heavy (non-hydrogen) atoms. The average molecular weight is 376 g/mol. The van der Waals surface area contributed by atoms with Crippen LogP contribution in [0.5, 0.6) is 5.75 Å². The van der Waals surface area contributed by atoms with Crippen LogP contribution in [0.3, 0.4) is 0 Å². The van der Waals surface area contributed by atoms with E-state index in [9.17, 15) is 27.9 Å². The summed E-state index contributed by atoms with van der Waals surface area (Å²) in [6, 6.07) is 8.34. The maximum Gasteiger partial charge on any atom is 0.455 e. The van der Waals surface area contributed by atoms with E-state index < -0.39 is 28.9 Å². The molecule has 0 unspecified atom stereocenters. The van der Waals surface area contributed by atoms with Gasteiger partial charge in [0, 0.05) is 0 Å². The standard InChI is InChI=1S/C20H15F3O4/c1-9-6-10(2)15(11(3)7-9)12-4-5-13-14(8-12)27-19(26)16(17(13)24)18(25)20(21,22)23/h4-8,24H,1-3H3. The van der Waals surface area contributed by atoms with Crippen LogP contribution in [0.1, 0.15) is 27.0 Å². The molecule has 140 valence electrons. The van der Waals surface area contributed by atoms with Crippen molar-refractivity contribution in [2.75, 3.05) is 0 Å². The first-order chi connectivity index (χ1) is 12.5. The Balaban J connectivity index is 2.25. The molecule has 1 aromatic heterocycles. The Bertz CT molecular complexity index is 1120. The number of alkyl halides is 3. The van der Waals surface area contributed by atoms with Crippen molar-refractivity contribution in [1.82, 2.24) is 0 Å². The molecule has 0 bridgehead atoms. The van der Waals surface area contributed by atoms with E-state index >= 15 is 0 Å². The number of carbonyl (C=O) groups excluding carboxylic acids is 1. The highest BCUT2D eigenvalue weighted by atomic mass is 19.4. The molecule has 0 amide bonds. The molecule has 7 heteroatoms. The van der Waals surface area contributed by atoms with Crippen LogP contribution in [-0.4, -0.2) is 17.1 Å². The molecule has 0 atom stereocenters. The summed E-state index contributed by atoms with van der Waals surface area (Å²) in [5.74, 6) is -3.47. The Morgan fingerprint density at radius 3 is 2.19 bits per heavy atom. The summed E-state index contributed by atoms with van der Waals surface area (Å²) in [6.45, 7) is 5.79. The lowest BCUT2D eigenvalue weighted by Crippen LogP contribution is -2.28. The second-order valence-electron chi connectivity index (χ2n) is 6.42. The van der Waals surface area contributed by atoms with Gasteiger partial charge < -0.3 is 9.52 Å². The van der Waals surface area contributed by atoms with Gasteiger partial charge in [0.2, 0.25) is 0 Å². The van der Waals surface area contributed by atoms with E-state index in [4.69, 9.17) is 4.42 Å². The topological polar surface area (TPSA) is 67.5 Å². The summed E-state index contributed by atoms with van der Waals surface area (Å²) >= 11 is 0. The van der Waals surface area contributed by atoms with Crippen LogP contribution in [0.15, 0.2) is 39.5 Å². The minimum atomic E-state index is -5.30. The van der Waals surface area contributed by atoms with Gasteiger partial charge in [-0.1, -0.05) is 23.8 Å². The lowest BCUT2D eigenvalue weighted by atomic mass is 9.93. The van der Waals surface area contributed by atoms with Crippen LogP contribution in [0.25, 0.3) is 22.1 Å². The smallest absolute Gasteiger partial charge is 0.455 e. The molecule has 1 N–H and O–H groups in total. The quantitative estimate of drug-likeness (QED) is 0.514. The molecule has 0 saturated heterocycles. The van der Waals surface area contributed by atoms with Crippen molar-refractivity contribution >= 4 is 16.8 Å². The summed E-state index contributed by atoms with van der Waals surface area (Å²) in [6.07, 6.45) is -5.30. The van der Waals surface area contributed by atoms with Crippen molar-refractivity contribution in [1.29, 1.82) is 0 Å². The number of hydrogen-bond donors (Lipinski definition) is 1. The molecule has 0 aliphatic carbocycles. The Hall–Kier alpha value is -3.09. The van der Waals surface area contributed by atoms with E-state index in [1.165, 1.54) is 12.1 Å². The number of rotatable bonds is 2. The van der Waals surface area contributed by atoms with Crippen molar-refractivity contribution in [2.45, 2.75) is 26.9 Å². The predicted octanol–water partition coefficient (Wildman–Crippen LogP) is 4.84. The zero-order chi connectivity index (χ0) is 20.1. The van der Waals surface area contributed by atoms with Gasteiger partial charge in [0.15, 0.2) is 5.56 Å². The van der Waals surface area contributed by atoms with Crippen molar-refractivity contribution in [3.05, 3.63) is 63.0 Å². The van der Waals surface area contributed by atoms with Crippen molar-refractivity contribution < 1.29 is 27.5 Å². The van der Waals surface area contributed by atoms with Gasteiger partial charge in [-0.25, -0.2) is 4.79 Å². The Morgan fingerprint density at radius 1 is 1.04 bits per heavy atom. The second-order valence-corrected chi connectivity index (χ2v) is 6.42. The summed E-state index contributed by atoms with van der Waals surface area (Å²) in [5, 5.41) is 9.95. The van der Waals surface area contributed by atoms with Gasteiger partial charge in [-0.2, -0.15) is 13.2 Å². The van der Waals surface area contributed by atoms with Crippen molar-refractivity contribution in [2.24, 2.45) is 0 Å². The molecule has 2 aromatic carbocycles. The molecule has 0 saturated carbocycles. The molecule has 0 aliphatic rings. The number of hydrogen-bond acceptors (Lipinski definition) is 4. The van der Waals surface area contributed by atoms with Crippen LogP contribution >= 0.6 is 0 Å². The van der Waals surface area contributed by atoms with Crippen molar-refractivity contribution in [3.63, 3.8) is 0 Å². The molecule has 3 rings (SSSR count). The zero-order valence-corrected chi connectivity index (χ0v) is 14.7. The monoisotopic (exact) mass is 376 g/mol. The highest BCUT2D eigenvalue weighted by Gasteiger charge is 2.43. The maximum absolute atomic E-state index is 12.7. The van der Waals surface area contributed by atoms with Crippen molar-refractivity contribution in [3.8, 4) is 16.9 Å². The minimum Gasteiger partial charge on any atom is -0.506 e. The fraction of sp³-hybridized carbons (Fsp3) is 0.200. The highest BCUT2D eigenvalue weighted by molar-refractivity contribution is 6.06. The van der Waals surface area contributed by atoms with E-state index in [0.29, 0.717) is 5.56 Å². The second kappa shape index (κ2) is 6.26. The summed E-state index contributed by atoms with van der Waals surface area (Å²) in [5.41, 5.74) is 1.55. The predicted molar refractivity (Wildman–Crippen MR) is 94.2 cm³/mol.